The summed E-state index contributed by atoms with van der Waals surface area (Å²) in [5.41, 5.74) is 2.67. The lowest BCUT2D eigenvalue weighted by atomic mass is 9.94. The molecule has 1 amide bonds. The first-order chi connectivity index (χ1) is 15.2. The van der Waals surface area contributed by atoms with Crippen LogP contribution < -0.4 is 15.4 Å². The minimum Gasteiger partial charge on any atom is -0.493 e. The summed E-state index contributed by atoms with van der Waals surface area (Å²) in [7, 11) is 0. The summed E-state index contributed by atoms with van der Waals surface area (Å²) in [4.78, 5) is 11.7. The van der Waals surface area contributed by atoms with Gasteiger partial charge in [0, 0.05) is 37.6 Å². The third kappa shape index (κ3) is 6.74. The maximum absolute atomic E-state index is 13.6. The third-order valence-corrected chi connectivity index (χ3v) is 5.56. The highest BCUT2D eigenvalue weighted by molar-refractivity contribution is 5.73. The van der Waals surface area contributed by atoms with Crippen LogP contribution in [0.5, 0.6) is 5.75 Å². The predicted octanol–water partition coefficient (Wildman–Crippen LogP) is 3.68. The molecule has 0 saturated carbocycles. The monoisotopic (exact) mass is 446 g/mol. The van der Waals surface area contributed by atoms with Gasteiger partial charge in [0.05, 0.1) is 18.8 Å². The van der Waals surface area contributed by atoms with Crippen LogP contribution in [0.4, 0.5) is 8.78 Å². The van der Waals surface area contributed by atoms with Crippen LogP contribution in [0, 0.1) is 17.6 Å². The first-order valence-corrected chi connectivity index (χ1v) is 11.1. The van der Waals surface area contributed by atoms with Gasteiger partial charge < -0.3 is 20.5 Å². The maximum atomic E-state index is 13.6. The molecule has 7 heteroatoms. The Morgan fingerprint density at radius 1 is 1.12 bits per heavy atom. The van der Waals surface area contributed by atoms with Crippen LogP contribution in [0.15, 0.2) is 36.4 Å². The van der Waals surface area contributed by atoms with Gasteiger partial charge in [0.25, 0.3) is 0 Å². The van der Waals surface area contributed by atoms with E-state index in [0.29, 0.717) is 18.1 Å². The molecule has 0 aromatic heterocycles. The molecule has 3 atom stereocenters. The highest BCUT2D eigenvalue weighted by Crippen LogP contribution is 2.33. The Labute approximate surface area is 188 Å². The van der Waals surface area contributed by atoms with Gasteiger partial charge >= 0.3 is 0 Å². The van der Waals surface area contributed by atoms with E-state index in [9.17, 15) is 18.7 Å². The van der Waals surface area contributed by atoms with Crippen LogP contribution in [-0.4, -0.2) is 36.3 Å². The van der Waals surface area contributed by atoms with Gasteiger partial charge in [0.15, 0.2) is 0 Å². The van der Waals surface area contributed by atoms with Crippen molar-refractivity contribution in [1.82, 2.24) is 10.6 Å². The van der Waals surface area contributed by atoms with Gasteiger partial charge in [-0.3, -0.25) is 4.79 Å². The van der Waals surface area contributed by atoms with Crippen molar-refractivity contribution in [1.29, 1.82) is 0 Å². The van der Waals surface area contributed by atoms with Crippen LogP contribution >= 0.6 is 0 Å². The molecule has 0 saturated heterocycles. The van der Waals surface area contributed by atoms with Crippen molar-refractivity contribution in [3.05, 3.63) is 64.7 Å². The van der Waals surface area contributed by atoms with Gasteiger partial charge in [-0.15, -0.1) is 0 Å². The topological polar surface area (TPSA) is 70.6 Å². The Hall–Kier alpha value is -2.51. The smallest absolute Gasteiger partial charge is 0.217 e. The first-order valence-electron chi connectivity index (χ1n) is 11.1. The molecule has 0 radical (unpaired) electrons. The largest absolute Gasteiger partial charge is 0.493 e. The van der Waals surface area contributed by atoms with E-state index in [0.717, 1.165) is 30.2 Å². The van der Waals surface area contributed by atoms with Crippen LogP contribution in [0.1, 0.15) is 49.9 Å². The van der Waals surface area contributed by atoms with Gasteiger partial charge in [0.2, 0.25) is 5.91 Å². The van der Waals surface area contributed by atoms with Crippen molar-refractivity contribution < 1.29 is 23.4 Å². The summed E-state index contributed by atoms with van der Waals surface area (Å²) >= 11 is 0. The Balaban J connectivity index is 1.69. The van der Waals surface area contributed by atoms with Gasteiger partial charge in [-0.2, -0.15) is 0 Å². The first kappa shape index (κ1) is 24.1. The Kier molecular flexibility index (Phi) is 8.21. The molecule has 0 unspecified atom stereocenters. The fourth-order valence-electron chi connectivity index (χ4n) is 4.19. The summed E-state index contributed by atoms with van der Waals surface area (Å²) in [5.74, 6) is -0.322. The predicted molar refractivity (Wildman–Crippen MR) is 120 cm³/mol. The number of halogens is 2. The number of ether oxygens (including phenoxy) is 1. The maximum Gasteiger partial charge on any atom is 0.217 e. The molecule has 32 heavy (non-hydrogen) atoms. The second-order valence-electron chi connectivity index (χ2n) is 8.92. The standard InChI is InChI=1S/C25H32F2N2O3/c1-15(2)8-17-4-5-25-21(11-17)22(6-7-32-25)28-14-24(31)23(29-16(3)30)12-18-9-19(26)13-20(27)10-18/h4-5,9-11,13,15,22-24,28,31H,6-8,12,14H2,1-3H3,(H,29,30)/t22-,23-,24-/m0/s1. The molecule has 1 aliphatic rings. The zero-order valence-electron chi connectivity index (χ0n) is 18.8. The number of hydrogen-bond donors (Lipinski definition) is 3. The Morgan fingerprint density at radius 2 is 1.84 bits per heavy atom. The number of rotatable bonds is 9. The van der Waals surface area contributed by atoms with E-state index in [1.165, 1.54) is 24.6 Å². The summed E-state index contributed by atoms with van der Waals surface area (Å²) < 4.78 is 32.9. The quantitative estimate of drug-likeness (QED) is 0.550. The van der Waals surface area contributed by atoms with Crippen LogP contribution in [-0.2, 0) is 17.6 Å². The molecule has 0 bridgehead atoms. The number of nitrogens with one attached hydrogen (secondary N) is 2. The normalized spacial score (nSPS) is 17.4. The number of benzene rings is 2. The number of hydrogen-bond acceptors (Lipinski definition) is 4. The minimum atomic E-state index is -0.949. The van der Waals surface area contributed by atoms with E-state index in [1.807, 2.05) is 6.07 Å². The molecule has 0 fully saturated rings. The van der Waals surface area contributed by atoms with E-state index in [-0.39, 0.29) is 24.9 Å². The molecule has 0 aliphatic carbocycles. The third-order valence-electron chi connectivity index (χ3n) is 5.56. The van der Waals surface area contributed by atoms with E-state index >= 15 is 0 Å². The molecule has 3 N–H and O–H groups in total. The van der Waals surface area contributed by atoms with Crippen LogP contribution in [0.2, 0.25) is 0 Å². The van der Waals surface area contributed by atoms with Gasteiger partial charge in [0.1, 0.15) is 17.4 Å². The number of amides is 1. The summed E-state index contributed by atoms with van der Waals surface area (Å²) in [6.45, 7) is 6.48. The Morgan fingerprint density at radius 3 is 2.50 bits per heavy atom. The van der Waals surface area contributed by atoms with E-state index in [4.69, 9.17) is 4.74 Å². The average molecular weight is 447 g/mol. The highest BCUT2D eigenvalue weighted by atomic mass is 19.1. The molecule has 2 aromatic rings. The van der Waals surface area contributed by atoms with Crippen molar-refractivity contribution in [3.63, 3.8) is 0 Å². The minimum absolute atomic E-state index is 0.00473. The van der Waals surface area contributed by atoms with E-state index in [1.54, 1.807) is 0 Å². The van der Waals surface area contributed by atoms with Gasteiger partial charge in [-0.05, 0) is 48.1 Å². The number of carbonyl (C=O) groups is 1. The van der Waals surface area contributed by atoms with Crippen LogP contribution in [0.3, 0.4) is 0 Å². The fraction of sp³-hybridized carbons (Fsp3) is 0.480. The number of carbonyl (C=O) groups excluding carboxylic acids is 1. The van der Waals surface area contributed by atoms with Gasteiger partial charge in [-0.25, -0.2) is 8.78 Å². The molecule has 174 valence electrons. The second kappa shape index (κ2) is 10.9. The molecule has 1 aliphatic heterocycles. The molecule has 5 nitrogen and oxygen atoms in total. The van der Waals surface area contributed by atoms with E-state index in [2.05, 4.69) is 36.6 Å². The summed E-state index contributed by atoms with van der Waals surface area (Å²) in [6, 6.07) is 8.77. The molecular weight excluding hydrogens is 414 g/mol. The Bertz CT molecular complexity index is 915. The second-order valence-corrected chi connectivity index (χ2v) is 8.92. The van der Waals surface area contributed by atoms with Crippen LogP contribution in [0.25, 0.3) is 0 Å². The molecule has 0 spiro atoms. The zero-order chi connectivity index (χ0) is 23.3. The SMILES string of the molecule is CC(=O)N[C@@H](Cc1cc(F)cc(F)c1)[C@@H](O)CN[C@H]1CCOc2ccc(CC(C)C)cc21. The molecule has 2 aromatic carbocycles. The molecule has 1 heterocycles. The van der Waals surface area contributed by atoms with Crippen molar-refractivity contribution in [2.24, 2.45) is 5.92 Å². The van der Waals surface area contributed by atoms with Crippen molar-refractivity contribution in [2.45, 2.75) is 58.2 Å². The fourth-order valence-corrected chi connectivity index (χ4v) is 4.19. The molecule has 3 rings (SSSR count). The van der Waals surface area contributed by atoms with Gasteiger partial charge in [-0.1, -0.05) is 26.0 Å². The lowest BCUT2D eigenvalue weighted by Crippen LogP contribution is -2.48. The number of aliphatic hydroxyl groups excluding tert-OH is 1. The zero-order valence-corrected chi connectivity index (χ0v) is 18.8. The highest BCUT2D eigenvalue weighted by Gasteiger charge is 2.26. The summed E-state index contributed by atoms with van der Waals surface area (Å²) in [5, 5.41) is 16.9. The van der Waals surface area contributed by atoms with E-state index < -0.39 is 23.8 Å². The van der Waals surface area contributed by atoms with Crippen molar-refractivity contribution >= 4 is 5.91 Å². The summed E-state index contributed by atoms with van der Waals surface area (Å²) in [6.07, 6.45) is 0.887. The number of fused-ring (bicyclic) bond motifs is 1. The number of aliphatic hydroxyl groups is 1. The molecular formula is C25H32F2N2O3. The van der Waals surface area contributed by atoms with Crippen molar-refractivity contribution in [3.8, 4) is 5.75 Å². The lowest BCUT2D eigenvalue weighted by Gasteiger charge is -2.30. The van der Waals surface area contributed by atoms with Crippen molar-refractivity contribution in [2.75, 3.05) is 13.2 Å². The lowest BCUT2D eigenvalue weighted by molar-refractivity contribution is -0.120. The average Bonchev–Trinajstić information content (AvgIpc) is 2.70.